The Morgan fingerprint density at radius 3 is 2.73 bits per heavy atom. The van der Waals surface area contributed by atoms with Crippen molar-refractivity contribution in [2.75, 3.05) is 6.54 Å². The molecule has 1 saturated heterocycles. The van der Waals surface area contributed by atoms with Gasteiger partial charge in [-0.15, -0.1) is 11.6 Å². The number of fused-ring (bicyclic) bond motifs is 2. The van der Waals surface area contributed by atoms with Crippen LogP contribution < -0.4 is 5.32 Å². The molecule has 0 radical (unpaired) electrons. The molecular weight excluding hydrogens is 160 g/mol. The fourth-order valence-corrected chi connectivity index (χ4v) is 2.11. The molecule has 1 aliphatic carbocycles. The topological polar surface area (TPSA) is 35.8 Å². The van der Waals surface area contributed by atoms with Gasteiger partial charge in [-0.2, -0.15) is 5.26 Å². The third kappa shape index (κ3) is 0.962. The van der Waals surface area contributed by atoms with Crippen molar-refractivity contribution < 1.29 is 0 Å². The molecule has 11 heavy (non-hydrogen) atoms. The van der Waals surface area contributed by atoms with Crippen molar-refractivity contribution in [3.63, 3.8) is 0 Å². The summed E-state index contributed by atoms with van der Waals surface area (Å²) in [6.07, 6.45) is 4.95. The summed E-state index contributed by atoms with van der Waals surface area (Å²) in [5, 5.41) is 12.0. The molecule has 0 aromatic rings. The number of hydrogen-bond acceptors (Lipinski definition) is 2. The van der Waals surface area contributed by atoms with Gasteiger partial charge in [-0.05, 0) is 12.3 Å². The lowest BCUT2D eigenvalue weighted by atomic mass is 9.79. The van der Waals surface area contributed by atoms with Crippen molar-refractivity contribution in [2.45, 2.75) is 17.3 Å². The molecule has 0 aromatic heterocycles. The van der Waals surface area contributed by atoms with Gasteiger partial charge in [0.2, 0.25) is 0 Å². The summed E-state index contributed by atoms with van der Waals surface area (Å²) in [5.74, 6) is 0.456. The molecule has 1 N–H and O–H groups in total. The summed E-state index contributed by atoms with van der Waals surface area (Å²) in [6, 6.07) is 2.22. The summed E-state index contributed by atoms with van der Waals surface area (Å²) >= 11 is 6.08. The quantitative estimate of drug-likeness (QED) is 0.433. The van der Waals surface area contributed by atoms with Crippen LogP contribution in [0.5, 0.6) is 0 Å². The summed E-state index contributed by atoms with van der Waals surface area (Å²) in [6.45, 7) is 0.970. The second-order valence-electron chi connectivity index (χ2n) is 3.21. The lowest BCUT2D eigenvalue weighted by Gasteiger charge is -2.40. The zero-order valence-corrected chi connectivity index (χ0v) is 6.80. The first-order valence-corrected chi connectivity index (χ1v) is 4.14. The first kappa shape index (κ1) is 7.15. The van der Waals surface area contributed by atoms with E-state index in [0.717, 1.165) is 13.0 Å². The Bertz CT molecular complexity index is 243. The Balaban J connectivity index is 2.32. The van der Waals surface area contributed by atoms with Gasteiger partial charge >= 0.3 is 0 Å². The standard InChI is InChI=1S/C8H9ClN2/c9-8(5-10)3-6-1-2-7(8)11-4-6/h1-2,6-7,11H,3-4H2. The number of nitriles is 1. The van der Waals surface area contributed by atoms with Crippen LogP contribution in [0.3, 0.4) is 0 Å². The Morgan fingerprint density at radius 1 is 1.64 bits per heavy atom. The monoisotopic (exact) mass is 168 g/mol. The maximum absolute atomic E-state index is 8.82. The summed E-state index contributed by atoms with van der Waals surface area (Å²) < 4.78 is 0. The summed E-state index contributed by atoms with van der Waals surface area (Å²) in [7, 11) is 0. The highest BCUT2D eigenvalue weighted by Gasteiger charge is 2.43. The Hall–Kier alpha value is -0.520. The van der Waals surface area contributed by atoms with E-state index in [1.807, 2.05) is 6.08 Å². The molecule has 0 amide bonds. The van der Waals surface area contributed by atoms with Gasteiger partial charge in [0.05, 0.1) is 12.1 Å². The smallest absolute Gasteiger partial charge is 0.150 e. The Kier molecular flexibility index (Phi) is 1.45. The van der Waals surface area contributed by atoms with Crippen LogP contribution in [0, 0.1) is 17.2 Å². The molecule has 0 saturated carbocycles. The highest BCUT2D eigenvalue weighted by Crippen LogP contribution is 2.36. The molecule has 3 heteroatoms. The van der Waals surface area contributed by atoms with Crippen LogP contribution in [0.25, 0.3) is 0 Å². The van der Waals surface area contributed by atoms with E-state index >= 15 is 0 Å². The molecule has 3 aliphatic rings. The molecule has 2 bridgehead atoms. The van der Waals surface area contributed by atoms with Gasteiger partial charge in [0.1, 0.15) is 4.87 Å². The third-order valence-corrected chi connectivity index (χ3v) is 2.89. The SMILES string of the molecule is N#CC1(Cl)CC2C=CC1NC2. The molecule has 3 rings (SSSR count). The van der Waals surface area contributed by atoms with Crippen molar-refractivity contribution in [1.82, 2.24) is 5.32 Å². The number of alkyl halides is 1. The zero-order chi connectivity index (χ0) is 7.90. The van der Waals surface area contributed by atoms with Crippen LogP contribution in [-0.2, 0) is 0 Å². The number of nitrogens with zero attached hydrogens (tertiary/aromatic N) is 1. The normalized spacial score (nSPS) is 47.3. The number of halogens is 1. The minimum absolute atomic E-state index is 0.0548. The molecule has 3 atom stereocenters. The van der Waals surface area contributed by atoms with Crippen LogP contribution in [0.2, 0.25) is 0 Å². The van der Waals surface area contributed by atoms with E-state index in [2.05, 4.69) is 17.5 Å². The van der Waals surface area contributed by atoms with Crippen molar-refractivity contribution in [1.29, 1.82) is 5.26 Å². The fraction of sp³-hybridized carbons (Fsp3) is 0.625. The lowest BCUT2D eigenvalue weighted by molar-refractivity contribution is 0.325. The molecule has 2 nitrogen and oxygen atoms in total. The molecule has 58 valence electrons. The van der Waals surface area contributed by atoms with Gasteiger partial charge < -0.3 is 5.32 Å². The largest absolute Gasteiger partial charge is 0.307 e. The minimum atomic E-state index is -0.683. The van der Waals surface area contributed by atoms with Gasteiger partial charge in [0.25, 0.3) is 0 Å². The molecule has 1 fully saturated rings. The number of hydrogen-bond donors (Lipinski definition) is 1. The van der Waals surface area contributed by atoms with Gasteiger partial charge in [-0.3, -0.25) is 0 Å². The van der Waals surface area contributed by atoms with Crippen LogP contribution in [0.4, 0.5) is 0 Å². The van der Waals surface area contributed by atoms with Crippen molar-refractivity contribution >= 4 is 11.6 Å². The number of nitrogens with one attached hydrogen (secondary N) is 1. The molecule has 0 spiro atoms. The van der Waals surface area contributed by atoms with E-state index in [0.29, 0.717) is 5.92 Å². The van der Waals surface area contributed by atoms with Gasteiger partial charge in [-0.1, -0.05) is 12.2 Å². The van der Waals surface area contributed by atoms with Gasteiger partial charge in [-0.25, -0.2) is 0 Å². The van der Waals surface area contributed by atoms with E-state index in [1.165, 1.54) is 0 Å². The van der Waals surface area contributed by atoms with Crippen LogP contribution in [0.1, 0.15) is 6.42 Å². The predicted octanol–water partition coefficient (Wildman–Crippen LogP) is 1.04. The first-order valence-electron chi connectivity index (χ1n) is 3.76. The van der Waals surface area contributed by atoms with Crippen LogP contribution in [0.15, 0.2) is 12.2 Å². The lowest BCUT2D eigenvalue weighted by Crippen LogP contribution is -2.55. The highest BCUT2D eigenvalue weighted by atomic mass is 35.5. The van der Waals surface area contributed by atoms with E-state index in [9.17, 15) is 0 Å². The first-order chi connectivity index (χ1) is 5.24. The van der Waals surface area contributed by atoms with E-state index < -0.39 is 4.87 Å². The Morgan fingerprint density at radius 2 is 2.45 bits per heavy atom. The molecule has 2 heterocycles. The molecule has 0 aromatic carbocycles. The highest BCUT2D eigenvalue weighted by molar-refractivity contribution is 6.26. The fourth-order valence-electron chi connectivity index (χ4n) is 1.76. The average molecular weight is 169 g/mol. The van der Waals surface area contributed by atoms with Gasteiger partial charge in [0.15, 0.2) is 0 Å². The number of piperidine rings is 1. The maximum atomic E-state index is 8.82. The van der Waals surface area contributed by atoms with Gasteiger partial charge in [0, 0.05) is 6.54 Å². The third-order valence-electron chi connectivity index (χ3n) is 2.41. The zero-order valence-electron chi connectivity index (χ0n) is 6.05. The summed E-state index contributed by atoms with van der Waals surface area (Å²) in [5.41, 5.74) is 0. The van der Waals surface area contributed by atoms with Crippen molar-refractivity contribution in [3.05, 3.63) is 12.2 Å². The second kappa shape index (κ2) is 2.23. The Labute approximate surface area is 70.8 Å². The van der Waals surface area contributed by atoms with E-state index in [4.69, 9.17) is 16.9 Å². The number of rotatable bonds is 0. The molecule has 3 unspecified atom stereocenters. The van der Waals surface area contributed by atoms with Crippen molar-refractivity contribution in [3.8, 4) is 6.07 Å². The molecule has 2 aliphatic heterocycles. The van der Waals surface area contributed by atoms with E-state index in [1.54, 1.807) is 0 Å². The maximum Gasteiger partial charge on any atom is 0.150 e. The van der Waals surface area contributed by atoms with Crippen LogP contribution in [-0.4, -0.2) is 17.5 Å². The van der Waals surface area contributed by atoms with Crippen molar-refractivity contribution in [2.24, 2.45) is 5.92 Å². The average Bonchev–Trinajstić information content (AvgIpc) is 2.06. The molecular formula is C8H9ClN2. The minimum Gasteiger partial charge on any atom is -0.307 e. The van der Waals surface area contributed by atoms with Crippen LogP contribution >= 0.6 is 11.6 Å². The predicted molar refractivity (Wildman–Crippen MR) is 43.2 cm³/mol. The summed E-state index contributed by atoms with van der Waals surface area (Å²) in [4.78, 5) is -0.683. The second-order valence-corrected chi connectivity index (χ2v) is 3.88. The van der Waals surface area contributed by atoms with E-state index in [-0.39, 0.29) is 6.04 Å².